The number of nitro groups is 1. The number of hydrogen-bond acceptors (Lipinski definition) is 6. The number of nitrogens with zero attached hydrogens (tertiary/aromatic N) is 2. The number of carbonyl (C=O) groups is 1. The summed E-state index contributed by atoms with van der Waals surface area (Å²) >= 11 is 6.08. The molecule has 0 aliphatic carbocycles. The van der Waals surface area contributed by atoms with E-state index in [9.17, 15) is 14.9 Å². The maximum atomic E-state index is 11.8. The SMILES string of the molecule is COc1ccc(/C=N\NC(=O)COc2cc(C)c(Cl)c(C)c2)cc1[N+](=O)[O-]. The van der Waals surface area contributed by atoms with Crippen molar-refractivity contribution in [3.8, 4) is 11.5 Å². The summed E-state index contributed by atoms with van der Waals surface area (Å²) in [5.74, 6) is 0.196. The van der Waals surface area contributed by atoms with Crippen LogP contribution in [-0.4, -0.2) is 30.8 Å². The fraction of sp³-hybridized carbons (Fsp3) is 0.222. The molecule has 0 spiro atoms. The highest BCUT2D eigenvalue weighted by Crippen LogP contribution is 2.27. The van der Waals surface area contributed by atoms with Crippen LogP contribution in [0.15, 0.2) is 35.4 Å². The molecule has 27 heavy (non-hydrogen) atoms. The zero-order valence-electron chi connectivity index (χ0n) is 15.0. The highest BCUT2D eigenvalue weighted by atomic mass is 35.5. The lowest BCUT2D eigenvalue weighted by molar-refractivity contribution is -0.385. The number of methoxy groups -OCH3 is 1. The van der Waals surface area contributed by atoms with E-state index in [0.29, 0.717) is 16.3 Å². The number of hydrazone groups is 1. The third-order valence-electron chi connectivity index (χ3n) is 3.58. The van der Waals surface area contributed by atoms with Gasteiger partial charge < -0.3 is 9.47 Å². The van der Waals surface area contributed by atoms with Crippen molar-refractivity contribution in [2.24, 2.45) is 5.10 Å². The molecular weight excluding hydrogens is 374 g/mol. The highest BCUT2D eigenvalue weighted by Gasteiger charge is 2.14. The minimum absolute atomic E-state index is 0.142. The second-order valence-electron chi connectivity index (χ2n) is 5.64. The Labute approximate surface area is 160 Å². The van der Waals surface area contributed by atoms with Gasteiger partial charge in [0.15, 0.2) is 12.4 Å². The van der Waals surface area contributed by atoms with Crippen LogP contribution in [0.5, 0.6) is 11.5 Å². The molecule has 0 aliphatic rings. The van der Waals surface area contributed by atoms with Gasteiger partial charge in [-0.15, -0.1) is 0 Å². The summed E-state index contributed by atoms with van der Waals surface area (Å²) in [7, 11) is 1.35. The largest absolute Gasteiger partial charge is 0.490 e. The molecule has 2 rings (SSSR count). The topological polar surface area (TPSA) is 103 Å². The molecule has 142 valence electrons. The van der Waals surface area contributed by atoms with Gasteiger partial charge in [0.25, 0.3) is 5.91 Å². The van der Waals surface area contributed by atoms with E-state index < -0.39 is 10.8 Å². The van der Waals surface area contributed by atoms with Crippen LogP contribution in [-0.2, 0) is 4.79 Å². The average Bonchev–Trinajstić information content (AvgIpc) is 2.64. The molecule has 0 bridgehead atoms. The predicted molar refractivity (Wildman–Crippen MR) is 102 cm³/mol. The van der Waals surface area contributed by atoms with Crippen molar-refractivity contribution in [3.63, 3.8) is 0 Å². The van der Waals surface area contributed by atoms with Gasteiger partial charge >= 0.3 is 5.69 Å². The van der Waals surface area contributed by atoms with Crippen molar-refractivity contribution in [3.05, 3.63) is 62.2 Å². The molecule has 1 amide bonds. The van der Waals surface area contributed by atoms with Gasteiger partial charge in [0.2, 0.25) is 0 Å². The van der Waals surface area contributed by atoms with E-state index >= 15 is 0 Å². The van der Waals surface area contributed by atoms with Gasteiger partial charge in [0, 0.05) is 16.7 Å². The molecule has 1 N–H and O–H groups in total. The van der Waals surface area contributed by atoms with E-state index in [4.69, 9.17) is 21.1 Å². The Balaban J connectivity index is 1.94. The molecule has 0 radical (unpaired) electrons. The second kappa shape index (κ2) is 9.00. The fourth-order valence-corrected chi connectivity index (χ4v) is 2.39. The van der Waals surface area contributed by atoms with Crippen molar-refractivity contribution in [2.45, 2.75) is 13.8 Å². The number of amides is 1. The molecular formula is C18H18ClN3O5. The number of carbonyl (C=O) groups excluding carboxylic acids is 1. The first-order valence-electron chi connectivity index (χ1n) is 7.85. The Morgan fingerprint density at radius 1 is 1.30 bits per heavy atom. The molecule has 0 saturated heterocycles. The van der Waals surface area contributed by atoms with Crippen LogP contribution < -0.4 is 14.9 Å². The number of hydrogen-bond donors (Lipinski definition) is 1. The summed E-state index contributed by atoms with van der Waals surface area (Å²) < 4.78 is 10.3. The molecule has 0 atom stereocenters. The Hall–Kier alpha value is -3.13. The smallest absolute Gasteiger partial charge is 0.311 e. The number of ether oxygens (including phenoxy) is 2. The monoisotopic (exact) mass is 391 g/mol. The van der Waals surface area contributed by atoms with Gasteiger partial charge in [0.05, 0.1) is 18.2 Å². The van der Waals surface area contributed by atoms with Gasteiger partial charge in [-0.3, -0.25) is 14.9 Å². The van der Waals surface area contributed by atoms with E-state index in [2.05, 4.69) is 10.5 Å². The first-order chi connectivity index (χ1) is 12.8. The van der Waals surface area contributed by atoms with Gasteiger partial charge in [-0.2, -0.15) is 5.10 Å². The predicted octanol–water partition coefficient (Wildman–Crippen LogP) is 3.40. The molecule has 8 nitrogen and oxygen atoms in total. The summed E-state index contributed by atoms with van der Waals surface area (Å²) in [4.78, 5) is 22.2. The first kappa shape index (κ1) is 20.2. The summed E-state index contributed by atoms with van der Waals surface area (Å²) in [5.41, 5.74) is 4.25. The van der Waals surface area contributed by atoms with Gasteiger partial charge in [0.1, 0.15) is 5.75 Å². The van der Waals surface area contributed by atoms with Crippen LogP contribution in [0.4, 0.5) is 5.69 Å². The number of nitrogens with one attached hydrogen (secondary N) is 1. The lowest BCUT2D eigenvalue weighted by Crippen LogP contribution is -2.24. The van der Waals surface area contributed by atoms with Crippen LogP contribution >= 0.6 is 11.6 Å². The van der Waals surface area contributed by atoms with Crippen LogP contribution in [0, 0.1) is 24.0 Å². The maximum Gasteiger partial charge on any atom is 0.311 e. The van der Waals surface area contributed by atoms with Gasteiger partial charge in [-0.05, 0) is 49.2 Å². The van der Waals surface area contributed by atoms with Gasteiger partial charge in [-0.1, -0.05) is 11.6 Å². The third-order valence-corrected chi connectivity index (χ3v) is 4.18. The summed E-state index contributed by atoms with van der Waals surface area (Å²) in [6.45, 7) is 3.46. The summed E-state index contributed by atoms with van der Waals surface area (Å²) in [5, 5.41) is 15.4. The third kappa shape index (κ3) is 5.42. The van der Waals surface area contributed by atoms with Crippen molar-refractivity contribution >= 4 is 29.4 Å². The zero-order chi connectivity index (χ0) is 20.0. The molecule has 0 saturated carbocycles. The fourth-order valence-electron chi connectivity index (χ4n) is 2.28. The minimum atomic E-state index is -0.557. The highest BCUT2D eigenvalue weighted by molar-refractivity contribution is 6.32. The van der Waals surface area contributed by atoms with Crippen LogP contribution in [0.2, 0.25) is 5.02 Å². The molecule has 0 aromatic heterocycles. The first-order valence-corrected chi connectivity index (χ1v) is 8.23. The summed E-state index contributed by atoms with van der Waals surface area (Å²) in [6, 6.07) is 7.81. The van der Waals surface area contributed by atoms with E-state index in [-0.39, 0.29) is 18.0 Å². The second-order valence-corrected chi connectivity index (χ2v) is 6.02. The molecule has 9 heteroatoms. The molecule has 0 fully saturated rings. The normalized spacial score (nSPS) is 10.7. The summed E-state index contributed by atoms with van der Waals surface area (Å²) in [6.07, 6.45) is 1.29. The van der Waals surface area contributed by atoms with Crippen molar-refractivity contribution in [2.75, 3.05) is 13.7 Å². The zero-order valence-corrected chi connectivity index (χ0v) is 15.7. The van der Waals surface area contributed by atoms with E-state index in [1.54, 1.807) is 18.2 Å². The number of rotatable bonds is 7. The Bertz CT molecular complexity index is 876. The lowest BCUT2D eigenvalue weighted by Gasteiger charge is -2.09. The number of benzene rings is 2. The van der Waals surface area contributed by atoms with Gasteiger partial charge in [-0.25, -0.2) is 5.43 Å². The van der Waals surface area contributed by atoms with E-state index in [1.165, 1.54) is 25.5 Å². The van der Waals surface area contributed by atoms with Crippen molar-refractivity contribution in [1.82, 2.24) is 5.43 Å². The number of halogens is 1. The standard InChI is InChI=1S/C18H18ClN3O5/c1-11-6-14(7-12(2)18(11)19)27-10-17(23)21-20-9-13-4-5-16(26-3)15(8-13)22(24)25/h4-9H,10H2,1-3H3,(H,21,23)/b20-9-. The van der Waals surface area contributed by atoms with Crippen LogP contribution in [0.3, 0.4) is 0 Å². The molecule has 2 aromatic rings. The van der Waals surface area contributed by atoms with Crippen molar-refractivity contribution in [1.29, 1.82) is 0 Å². The quantitative estimate of drug-likeness (QED) is 0.442. The Kier molecular flexibility index (Phi) is 6.73. The maximum absolute atomic E-state index is 11.8. The molecule has 0 aliphatic heterocycles. The number of nitro benzene ring substituents is 1. The molecule has 2 aromatic carbocycles. The molecule has 0 heterocycles. The van der Waals surface area contributed by atoms with E-state index in [1.807, 2.05) is 13.8 Å². The minimum Gasteiger partial charge on any atom is -0.490 e. The number of aryl methyl sites for hydroxylation is 2. The van der Waals surface area contributed by atoms with Crippen LogP contribution in [0.1, 0.15) is 16.7 Å². The average molecular weight is 392 g/mol. The van der Waals surface area contributed by atoms with E-state index in [0.717, 1.165) is 11.1 Å². The molecule has 0 unspecified atom stereocenters. The Morgan fingerprint density at radius 3 is 2.56 bits per heavy atom. The Morgan fingerprint density at radius 2 is 1.96 bits per heavy atom. The lowest BCUT2D eigenvalue weighted by atomic mass is 10.1. The van der Waals surface area contributed by atoms with Crippen molar-refractivity contribution < 1.29 is 19.2 Å². The van der Waals surface area contributed by atoms with Crippen LogP contribution in [0.25, 0.3) is 0 Å².